The predicted molar refractivity (Wildman–Crippen MR) is 123 cm³/mol. The molecular weight excluding hydrogens is 506 g/mol. The number of thioether (sulfide) groups is 1. The number of benzene rings is 1. The lowest BCUT2D eigenvalue weighted by atomic mass is 10.0. The van der Waals surface area contributed by atoms with Gasteiger partial charge in [-0.2, -0.15) is 0 Å². The van der Waals surface area contributed by atoms with Crippen molar-refractivity contribution in [2.75, 3.05) is 18.2 Å². The molecule has 2 amide bonds. The van der Waals surface area contributed by atoms with E-state index >= 15 is 0 Å². The SMILES string of the molecule is O=C(Cc1ccccc1)N[C@@H]1C(=O)N2C(C(=O)OCC(Cl)(Cl)Cl)=C(/C=C/CCl)CS[C@H]12. The van der Waals surface area contributed by atoms with Gasteiger partial charge in [0.25, 0.3) is 5.91 Å². The Morgan fingerprint density at radius 3 is 2.61 bits per heavy atom. The molecule has 2 aliphatic heterocycles. The second-order valence-corrected chi connectivity index (χ2v) is 10.7. The zero-order valence-corrected chi connectivity index (χ0v) is 19.9. The van der Waals surface area contributed by atoms with Crippen LogP contribution in [0, 0.1) is 0 Å². The number of rotatable bonds is 7. The van der Waals surface area contributed by atoms with E-state index in [-0.39, 0.29) is 23.9 Å². The summed E-state index contributed by atoms with van der Waals surface area (Å²) < 4.78 is 3.32. The van der Waals surface area contributed by atoms with E-state index in [1.165, 1.54) is 16.7 Å². The van der Waals surface area contributed by atoms with Crippen molar-refractivity contribution in [1.82, 2.24) is 10.2 Å². The molecule has 1 N–H and O–H groups in total. The van der Waals surface area contributed by atoms with Gasteiger partial charge in [0.15, 0.2) is 0 Å². The minimum absolute atomic E-state index is 0.0675. The predicted octanol–water partition coefficient (Wildman–Crippen LogP) is 3.59. The van der Waals surface area contributed by atoms with E-state index in [1.807, 2.05) is 30.3 Å². The Labute approximate surface area is 203 Å². The lowest BCUT2D eigenvalue weighted by molar-refractivity contribution is -0.152. The van der Waals surface area contributed by atoms with Crippen molar-refractivity contribution >= 4 is 75.9 Å². The van der Waals surface area contributed by atoms with Crippen LogP contribution in [-0.4, -0.2) is 56.1 Å². The first kappa shape index (κ1) is 24.3. The fourth-order valence-electron chi connectivity index (χ4n) is 3.17. The number of hydrogen-bond donors (Lipinski definition) is 1. The zero-order valence-electron chi connectivity index (χ0n) is 16.0. The third-order valence-electron chi connectivity index (χ3n) is 4.49. The number of carbonyl (C=O) groups is 3. The smallest absolute Gasteiger partial charge is 0.355 e. The molecule has 31 heavy (non-hydrogen) atoms. The number of β-lactam (4-membered cyclic amide) rings is 1. The number of esters is 1. The molecule has 1 saturated heterocycles. The summed E-state index contributed by atoms with van der Waals surface area (Å²) in [4.78, 5) is 39.3. The van der Waals surface area contributed by atoms with Gasteiger partial charge >= 0.3 is 5.97 Å². The van der Waals surface area contributed by atoms with Crippen LogP contribution in [0.1, 0.15) is 5.56 Å². The summed E-state index contributed by atoms with van der Waals surface area (Å²) in [5.74, 6) is -0.808. The number of nitrogens with one attached hydrogen (secondary N) is 1. The molecular formula is C20H18Cl4N2O4S. The molecule has 6 nitrogen and oxygen atoms in total. The summed E-state index contributed by atoms with van der Waals surface area (Å²) in [7, 11) is 0. The van der Waals surface area contributed by atoms with Crippen molar-refractivity contribution in [1.29, 1.82) is 0 Å². The Morgan fingerprint density at radius 2 is 1.97 bits per heavy atom. The van der Waals surface area contributed by atoms with Gasteiger partial charge in [-0.15, -0.1) is 23.4 Å². The van der Waals surface area contributed by atoms with Gasteiger partial charge in [0.1, 0.15) is 23.7 Å². The molecule has 1 aromatic rings. The summed E-state index contributed by atoms with van der Waals surface area (Å²) in [6, 6.07) is 8.47. The third kappa shape index (κ3) is 6.11. The van der Waals surface area contributed by atoms with Gasteiger partial charge in [-0.3, -0.25) is 14.5 Å². The van der Waals surface area contributed by atoms with Crippen molar-refractivity contribution in [3.8, 4) is 0 Å². The van der Waals surface area contributed by atoms with Gasteiger partial charge in [0, 0.05) is 11.6 Å². The normalized spacial score (nSPS) is 21.0. The fourth-order valence-corrected chi connectivity index (χ4v) is 4.74. The van der Waals surface area contributed by atoms with Crippen LogP contribution in [0.25, 0.3) is 0 Å². The van der Waals surface area contributed by atoms with Crippen molar-refractivity contribution in [3.05, 3.63) is 59.3 Å². The highest BCUT2D eigenvalue weighted by Gasteiger charge is 2.54. The molecule has 0 aliphatic carbocycles. The first-order valence-electron chi connectivity index (χ1n) is 9.19. The maximum absolute atomic E-state index is 12.8. The molecule has 0 saturated carbocycles. The minimum atomic E-state index is -1.78. The average Bonchev–Trinajstić information content (AvgIpc) is 2.73. The molecule has 2 atom stereocenters. The van der Waals surface area contributed by atoms with Crippen molar-refractivity contribution in [2.45, 2.75) is 21.6 Å². The third-order valence-corrected chi connectivity index (χ3v) is 6.30. The molecule has 11 heteroatoms. The van der Waals surface area contributed by atoms with Gasteiger partial charge in [-0.05, 0) is 11.1 Å². The quantitative estimate of drug-likeness (QED) is 0.336. The maximum Gasteiger partial charge on any atom is 0.355 e. The number of amides is 2. The van der Waals surface area contributed by atoms with Crippen LogP contribution in [0.4, 0.5) is 0 Å². The van der Waals surface area contributed by atoms with Crippen LogP contribution in [0.5, 0.6) is 0 Å². The van der Waals surface area contributed by atoms with E-state index in [9.17, 15) is 14.4 Å². The molecule has 0 bridgehead atoms. The Kier molecular flexibility index (Phi) is 8.21. The summed E-state index contributed by atoms with van der Waals surface area (Å²) in [5.41, 5.74) is 1.47. The molecule has 2 aliphatic rings. The molecule has 2 heterocycles. The number of carbonyl (C=O) groups excluding carboxylic acids is 3. The lowest BCUT2D eigenvalue weighted by Gasteiger charge is -2.49. The highest BCUT2D eigenvalue weighted by molar-refractivity contribution is 8.00. The number of hydrogen-bond acceptors (Lipinski definition) is 5. The standard InChI is InChI=1S/C20H18Cl4N2O4S/c21-8-4-7-13-10-31-18-15(25-14(27)9-12-5-2-1-3-6-12)17(28)26(18)16(13)19(29)30-11-20(22,23)24/h1-7,15,18H,8-11H2,(H,25,27)/b7-4+/t15-,18-/m1/s1. The monoisotopic (exact) mass is 522 g/mol. The van der Waals surface area contributed by atoms with Crippen molar-refractivity contribution < 1.29 is 19.1 Å². The van der Waals surface area contributed by atoms with Gasteiger partial charge in [-0.1, -0.05) is 77.3 Å². The molecule has 0 unspecified atom stereocenters. The van der Waals surface area contributed by atoms with E-state index in [1.54, 1.807) is 12.2 Å². The van der Waals surface area contributed by atoms with E-state index in [4.69, 9.17) is 51.1 Å². The summed E-state index contributed by atoms with van der Waals surface area (Å²) >= 11 is 24.1. The lowest BCUT2D eigenvalue weighted by Crippen LogP contribution is -2.70. The Bertz CT molecular complexity index is 918. The molecule has 3 rings (SSSR count). The highest BCUT2D eigenvalue weighted by Crippen LogP contribution is 2.41. The number of nitrogens with zero attached hydrogens (tertiary/aromatic N) is 1. The van der Waals surface area contributed by atoms with Gasteiger partial charge in [0.05, 0.1) is 6.42 Å². The van der Waals surface area contributed by atoms with Gasteiger partial charge < -0.3 is 10.1 Å². The van der Waals surface area contributed by atoms with Crippen LogP contribution in [-0.2, 0) is 25.5 Å². The number of alkyl halides is 4. The van der Waals surface area contributed by atoms with Crippen LogP contribution in [0.2, 0.25) is 0 Å². The molecule has 0 spiro atoms. The molecule has 0 aromatic heterocycles. The van der Waals surface area contributed by atoms with Crippen molar-refractivity contribution in [2.24, 2.45) is 0 Å². The zero-order chi connectivity index (χ0) is 22.6. The minimum Gasteiger partial charge on any atom is -0.456 e. The number of halogens is 4. The van der Waals surface area contributed by atoms with Crippen molar-refractivity contribution in [3.63, 3.8) is 0 Å². The number of fused-ring (bicyclic) bond motifs is 1. The Hall–Kier alpha value is -1.38. The summed E-state index contributed by atoms with van der Waals surface area (Å²) in [6.45, 7) is -0.469. The molecule has 166 valence electrons. The van der Waals surface area contributed by atoms with E-state index in [0.717, 1.165) is 5.56 Å². The van der Waals surface area contributed by atoms with E-state index in [2.05, 4.69) is 5.32 Å². The Morgan fingerprint density at radius 1 is 1.26 bits per heavy atom. The maximum atomic E-state index is 12.8. The first-order valence-corrected chi connectivity index (χ1v) is 11.9. The average molecular weight is 524 g/mol. The Balaban J connectivity index is 1.74. The largest absolute Gasteiger partial charge is 0.456 e. The summed E-state index contributed by atoms with van der Waals surface area (Å²) in [5, 5.41) is 2.32. The number of ether oxygens (including phenoxy) is 1. The molecule has 1 aromatic carbocycles. The van der Waals surface area contributed by atoms with Crippen LogP contribution in [0.3, 0.4) is 0 Å². The second-order valence-electron chi connectivity index (χ2n) is 6.74. The number of allylic oxidation sites excluding steroid dienone is 2. The van der Waals surface area contributed by atoms with Crippen LogP contribution in [0.15, 0.2) is 53.8 Å². The fraction of sp³-hybridized carbons (Fsp3) is 0.350. The van der Waals surface area contributed by atoms with E-state index in [0.29, 0.717) is 11.3 Å². The summed E-state index contributed by atoms with van der Waals surface area (Å²) in [6.07, 6.45) is 3.47. The van der Waals surface area contributed by atoms with E-state index < -0.39 is 33.7 Å². The first-order chi connectivity index (χ1) is 14.7. The highest BCUT2D eigenvalue weighted by atomic mass is 35.6. The molecule has 1 fully saturated rings. The topological polar surface area (TPSA) is 75.7 Å². The van der Waals surface area contributed by atoms with Gasteiger partial charge in [0.2, 0.25) is 9.70 Å². The van der Waals surface area contributed by atoms with Gasteiger partial charge in [-0.25, -0.2) is 4.79 Å². The second kappa shape index (κ2) is 10.5. The van der Waals surface area contributed by atoms with Crippen LogP contribution >= 0.6 is 58.2 Å². The molecule has 0 radical (unpaired) electrons. The van der Waals surface area contributed by atoms with Crippen LogP contribution < -0.4 is 5.32 Å².